The summed E-state index contributed by atoms with van der Waals surface area (Å²) >= 11 is 7.96. The molecular weight excluding hydrogens is 402 g/mol. The largest absolute Gasteiger partial charge is 0.369 e. The Hall–Kier alpha value is -0.920. The van der Waals surface area contributed by atoms with E-state index in [4.69, 9.17) is 16.3 Å². The number of rotatable bonds is 3. The van der Waals surface area contributed by atoms with E-state index in [-0.39, 0.29) is 23.4 Å². The lowest BCUT2D eigenvalue weighted by Gasteiger charge is -2.46. The number of hydrogen-bond acceptors (Lipinski definition) is 5. The van der Waals surface area contributed by atoms with Crippen LogP contribution in [0.1, 0.15) is 47.4 Å². The van der Waals surface area contributed by atoms with E-state index >= 15 is 0 Å². The quantitative estimate of drug-likeness (QED) is 0.799. The Morgan fingerprint density at radius 1 is 1.33 bits per heavy atom. The van der Waals surface area contributed by atoms with Crippen LogP contribution in [0.4, 0.5) is 0 Å². The minimum atomic E-state index is -3.06. The predicted octanol–water partition coefficient (Wildman–Crippen LogP) is 4.23. The molecule has 4 nitrogen and oxygen atoms in total. The van der Waals surface area contributed by atoms with Crippen molar-refractivity contribution < 1.29 is 13.2 Å². The van der Waals surface area contributed by atoms with Crippen LogP contribution in [0.2, 0.25) is 4.34 Å². The van der Waals surface area contributed by atoms with Crippen molar-refractivity contribution in [1.82, 2.24) is 5.32 Å². The molecule has 2 aromatic rings. The van der Waals surface area contributed by atoms with Crippen molar-refractivity contribution in [3.05, 3.63) is 56.2 Å². The Morgan fingerprint density at radius 3 is 2.93 bits per heavy atom. The average molecular weight is 426 g/mol. The van der Waals surface area contributed by atoms with Crippen LogP contribution in [0.25, 0.3) is 0 Å². The first-order valence-corrected chi connectivity index (χ1v) is 12.4. The monoisotopic (exact) mass is 425 g/mol. The molecule has 1 saturated heterocycles. The van der Waals surface area contributed by atoms with E-state index in [1.54, 1.807) is 11.3 Å². The standard InChI is InChI=1S/C20H24ClNO3S2/c1-13-10-20(19-16(6-7-25-20)9-18(21)26-19)11-17(22-13)15-5-3-4-14(8-15)12-27(2,23)24/h3-5,8-9,13,17,22H,6-7,10-12H2,1-2H3. The molecule has 1 spiro atoms. The number of fused-ring (bicyclic) bond motifs is 2. The molecule has 0 radical (unpaired) electrons. The van der Waals surface area contributed by atoms with Crippen LogP contribution in [-0.2, 0) is 32.3 Å². The molecule has 3 atom stereocenters. The molecule has 2 aliphatic heterocycles. The van der Waals surface area contributed by atoms with Gasteiger partial charge in [-0.25, -0.2) is 8.42 Å². The molecule has 0 amide bonds. The van der Waals surface area contributed by atoms with Gasteiger partial charge < -0.3 is 10.1 Å². The molecule has 0 saturated carbocycles. The van der Waals surface area contributed by atoms with Crippen LogP contribution in [0, 0.1) is 0 Å². The highest BCUT2D eigenvalue weighted by Crippen LogP contribution is 2.50. The van der Waals surface area contributed by atoms with Gasteiger partial charge in [-0.2, -0.15) is 0 Å². The molecular formula is C20H24ClNO3S2. The van der Waals surface area contributed by atoms with Crippen LogP contribution in [-0.4, -0.2) is 27.3 Å². The molecule has 1 N–H and O–H groups in total. The van der Waals surface area contributed by atoms with E-state index in [1.165, 1.54) is 16.7 Å². The third kappa shape index (κ3) is 4.10. The molecule has 7 heteroatoms. The average Bonchev–Trinajstić information content (AvgIpc) is 2.95. The molecule has 4 rings (SSSR count). The van der Waals surface area contributed by atoms with Gasteiger partial charge in [-0.1, -0.05) is 35.9 Å². The Morgan fingerprint density at radius 2 is 2.15 bits per heavy atom. The first-order chi connectivity index (χ1) is 12.7. The molecule has 3 unspecified atom stereocenters. The van der Waals surface area contributed by atoms with Crippen LogP contribution >= 0.6 is 22.9 Å². The SMILES string of the molecule is CC1CC2(CC(c3cccc(CS(C)(=O)=O)c3)N1)OCCc1cc(Cl)sc12. The normalized spacial score (nSPS) is 28.3. The number of ether oxygens (including phenoxy) is 1. The molecule has 1 fully saturated rings. The van der Waals surface area contributed by atoms with Crippen LogP contribution in [0.5, 0.6) is 0 Å². The zero-order valence-electron chi connectivity index (χ0n) is 15.5. The van der Waals surface area contributed by atoms with Crippen molar-refractivity contribution in [2.75, 3.05) is 12.9 Å². The number of halogens is 1. The second-order valence-corrected chi connectivity index (χ2v) is 11.7. The number of thiophene rings is 1. The second-order valence-electron chi connectivity index (χ2n) is 7.84. The summed E-state index contributed by atoms with van der Waals surface area (Å²) in [6, 6.07) is 10.4. The van der Waals surface area contributed by atoms with Gasteiger partial charge in [0.15, 0.2) is 9.84 Å². The van der Waals surface area contributed by atoms with Crippen LogP contribution < -0.4 is 5.32 Å². The molecule has 0 aliphatic carbocycles. The van der Waals surface area contributed by atoms with E-state index in [0.29, 0.717) is 6.61 Å². The maximum Gasteiger partial charge on any atom is 0.151 e. The molecule has 1 aromatic carbocycles. The van der Waals surface area contributed by atoms with Crippen molar-refractivity contribution in [2.45, 2.75) is 49.6 Å². The topological polar surface area (TPSA) is 55.4 Å². The maximum atomic E-state index is 11.7. The highest BCUT2D eigenvalue weighted by atomic mass is 35.5. The van der Waals surface area contributed by atoms with Gasteiger partial charge in [0.1, 0.15) is 5.60 Å². The van der Waals surface area contributed by atoms with E-state index in [0.717, 1.165) is 34.7 Å². The fourth-order valence-corrected chi connectivity index (χ4v) is 6.73. The van der Waals surface area contributed by atoms with Gasteiger partial charge in [-0.3, -0.25) is 0 Å². The van der Waals surface area contributed by atoms with Gasteiger partial charge >= 0.3 is 0 Å². The fourth-order valence-electron chi connectivity index (χ4n) is 4.48. The third-order valence-electron chi connectivity index (χ3n) is 5.38. The summed E-state index contributed by atoms with van der Waals surface area (Å²) in [7, 11) is -3.06. The number of piperidine rings is 1. The Labute approximate surface area is 169 Å². The van der Waals surface area contributed by atoms with Gasteiger partial charge in [-0.15, -0.1) is 11.3 Å². The van der Waals surface area contributed by atoms with E-state index in [2.05, 4.69) is 24.4 Å². The summed E-state index contributed by atoms with van der Waals surface area (Å²) in [5, 5.41) is 3.67. The third-order valence-corrected chi connectivity index (χ3v) is 7.73. The number of benzene rings is 1. The van der Waals surface area contributed by atoms with Gasteiger partial charge in [0.25, 0.3) is 0 Å². The lowest BCUT2D eigenvalue weighted by atomic mass is 9.78. The number of hydrogen-bond donors (Lipinski definition) is 1. The van der Waals surface area contributed by atoms with Crippen molar-refractivity contribution >= 4 is 32.8 Å². The first-order valence-electron chi connectivity index (χ1n) is 9.19. The van der Waals surface area contributed by atoms with E-state index in [9.17, 15) is 8.42 Å². The highest BCUT2D eigenvalue weighted by Gasteiger charge is 2.46. The maximum absolute atomic E-state index is 11.7. The summed E-state index contributed by atoms with van der Waals surface area (Å²) in [6.45, 7) is 2.90. The minimum absolute atomic E-state index is 0.0649. The molecule has 146 valence electrons. The van der Waals surface area contributed by atoms with Crippen LogP contribution in [0.15, 0.2) is 30.3 Å². The van der Waals surface area contributed by atoms with Crippen molar-refractivity contribution in [3.63, 3.8) is 0 Å². The van der Waals surface area contributed by atoms with Gasteiger partial charge in [0.2, 0.25) is 0 Å². The van der Waals surface area contributed by atoms with Crippen molar-refractivity contribution in [1.29, 1.82) is 0 Å². The Bertz CT molecular complexity index is 956. The Kier molecular flexibility index (Phi) is 5.14. The lowest BCUT2D eigenvalue weighted by Crippen LogP contribution is -2.49. The molecule has 27 heavy (non-hydrogen) atoms. The zero-order valence-corrected chi connectivity index (χ0v) is 17.9. The van der Waals surface area contributed by atoms with E-state index in [1.807, 2.05) is 18.2 Å². The second kappa shape index (κ2) is 7.16. The zero-order chi connectivity index (χ0) is 19.2. The number of nitrogens with one attached hydrogen (secondary N) is 1. The minimum Gasteiger partial charge on any atom is -0.369 e. The van der Waals surface area contributed by atoms with Gasteiger partial charge in [0, 0.05) is 29.6 Å². The van der Waals surface area contributed by atoms with Crippen molar-refractivity contribution in [2.24, 2.45) is 0 Å². The lowest BCUT2D eigenvalue weighted by molar-refractivity contribution is -0.0954. The fraction of sp³-hybridized carbons (Fsp3) is 0.500. The summed E-state index contributed by atoms with van der Waals surface area (Å²) in [4.78, 5) is 1.27. The molecule has 1 aromatic heterocycles. The first kappa shape index (κ1) is 19.4. The molecule has 2 aliphatic rings. The Balaban J connectivity index is 1.67. The molecule has 0 bridgehead atoms. The van der Waals surface area contributed by atoms with Crippen molar-refractivity contribution in [3.8, 4) is 0 Å². The predicted molar refractivity (Wildman–Crippen MR) is 110 cm³/mol. The highest BCUT2D eigenvalue weighted by molar-refractivity contribution is 7.89. The van der Waals surface area contributed by atoms with Crippen LogP contribution in [0.3, 0.4) is 0 Å². The summed E-state index contributed by atoms with van der Waals surface area (Å²) in [5.74, 6) is 0.0649. The van der Waals surface area contributed by atoms with E-state index < -0.39 is 9.84 Å². The van der Waals surface area contributed by atoms with Gasteiger partial charge in [-0.05, 0) is 42.5 Å². The summed E-state index contributed by atoms with van der Waals surface area (Å²) in [6.07, 6.45) is 3.92. The van der Waals surface area contributed by atoms with Gasteiger partial charge in [0.05, 0.1) is 16.7 Å². The smallest absolute Gasteiger partial charge is 0.151 e. The summed E-state index contributed by atoms with van der Waals surface area (Å²) in [5.41, 5.74) is 2.94. The number of sulfone groups is 1. The molecule has 3 heterocycles. The summed E-state index contributed by atoms with van der Waals surface area (Å²) < 4.78 is 30.6.